The zero-order valence-corrected chi connectivity index (χ0v) is 17.7. The highest BCUT2D eigenvalue weighted by Crippen LogP contribution is 2.34. The van der Waals surface area contributed by atoms with E-state index in [2.05, 4.69) is 9.80 Å². The van der Waals surface area contributed by atoms with E-state index in [1.54, 1.807) is 7.11 Å². The first-order valence-corrected chi connectivity index (χ1v) is 10.2. The highest BCUT2D eigenvalue weighted by Gasteiger charge is 2.46. The summed E-state index contributed by atoms with van der Waals surface area (Å²) in [7, 11) is 3.69. The van der Waals surface area contributed by atoms with Crippen molar-refractivity contribution in [1.29, 1.82) is 0 Å². The first-order valence-electron chi connectivity index (χ1n) is 10.2. The fourth-order valence-electron chi connectivity index (χ4n) is 3.75. The highest BCUT2D eigenvalue weighted by molar-refractivity contribution is 5.93. The molecule has 0 amide bonds. The van der Waals surface area contributed by atoms with Crippen molar-refractivity contribution < 1.29 is 28.5 Å². The Bertz CT molecular complexity index is 882. The molecule has 10 nitrogen and oxygen atoms in total. The predicted octanol–water partition coefficient (Wildman–Crippen LogP) is 0.715. The number of morpholine rings is 1. The summed E-state index contributed by atoms with van der Waals surface area (Å²) in [5.41, 5.74) is 1.59. The molecular weight excluding hydrogens is 404 g/mol. The molecular formula is C21H26N4O6. The van der Waals surface area contributed by atoms with Crippen LogP contribution in [-0.2, 0) is 28.5 Å². The zero-order chi connectivity index (χ0) is 21.8. The SMILES string of the molecule is COCCN1CCN(C)C1=Nc1ccccc1N1CCOC2(C1)OC(=O)C=CC(=O)O2. The van der Waals surface area contributed by atoms with E-state index in [-0.39, 0.29) is 13.2 Å². The number of anilines is 1. The summed E-state index contributed by atoms with van der Waals surface area (Å²) in [4.78, 5) is 35.0. The number of rotatable bonds is 5. The Balaban J connectivity index is 1.61. The number of nitrogens with zero attached hydrogens (tertiary/aromatic N) is 4. The molecule has 1 aromatic rings. The Morgan fingerprint density at radius 2 is 1.84 bits per heavy atom. The fourth-order valence-corrected chi connectivity index (χ4v) is 3.75. The van der Waals surface area contributed by atoms with E-state index in [1.165, 1.54) is 0 Å². The number of aliphatic imine (C=N–C) groups is 1. The number of methoxy groups -OCH3 is 1. The van der Waals surface area contributed by atoms with E-state index in [0.29, 0.717) is 13.2 Å². The molecule has 0 atom stereocenters. The molecule has 3 aliphatic rings. The van der Waals surface area contributed by atoms with Crippen LogP contribution in [0.4, 0.5) is 11.4 Å². The highest BCUT2D eigenvalue weighted by atomic mass is 16.9. The number of hydrogen-bond donors (Lipinski definition) is 0. The van der Waals surface area contributed by atoms with Crippen molar-refractivity contribution in [3.8, 4) is 0 Å². The molecule has 0 bridgehead atoms. The number of hydrogen-bond acceptors (Lipinski definition) is 8. The first kappa shape index (κ1) is 21.1. The molecule has 3 aliphatic heterocycles. The summed E-state index contributed by atoms with van der Waals surface area (Å²) in [6.45, 7) is 3.90. The van der Waals surface area contributed by atoms with Gasteiger partial charge < -0.3 is 33.6 Å². The van der Waals surface area contributed by atoms with Crippen LogP contribution in [0.1, 0.15) is 0 Å². The van der Waals surface area contributed by atoms with E-state index in [1.807, 2.05) is 36.2 Å². The lowest BCUT2D eigenvalue weighted by Gasteiger charge is -2.40. The van der Waals surface area contributed by atoms with Crippen LogP contribution in [0.3, 0.4) is 0 Å². The van der Waals surface area contributed by atoms with Crippen LogP contribution in [-0.4, -0.2) is 93.8 Å². The Morgan fingerprint density at radius 1 is 1.10 bits per heavy atom. The minimum absolute atomic E-state index is 0.0389. The van der Waals surface area contributed by atoms with E-state index in [9.17, 15) is 9.59 Å². The first-order chi connectivity index (χ1) is 15.0. The second kappa shape index (κ2) is 8.94. The normalized spacial score (nSPS) is 22.1. The summed E-state index contributed by atoms with van der Waals surface area (Å²) < 4.78 is 21.4. The van der Waals surface area contributed by atoms with Crippen LogP contribution in [0.5, 0.6) is 0 Å². The summed E-state index contributed by atoms with van der Waals surface area (Å²) in [5.74, 6) is -2.31. The predicted molar refractivity (Wildman–Crippen MR) is 112 cm³/mol. The van der Waals surface area contributed by atoms with Gasteiger partial charge in [-0.05, 0) is 12.1 Å². The maximum Gasteiger partial charge on any atom is 0.395 e. The van der Waals surface area contributed by atoms with Gasteiger partial charge >= 0.3 is 17.9 Å². The summed E-state index contributed by atoms with van der Waals surface area (Å²) in [6, 6.07) is 7.70. The molecule has 0 aromatic heterocycles. The van der Waals surface area contributed by atoms with Crippen LogP contribution in [0, 0.1) is 0 Å². The third-order valence-electron chi connectivity index (χ3n) is 5.27. The molecule has 10 heteroatoms. The molecule has 2 fully saturated rings. The Kier molecular flexibility index (Phi) is 6.10. The van der Waals surface area contributed by atoms with E-state index in [0.717, 1.165) is 49.1 Å². The van der Waals surface area contributed by atoms with Gasteiger partial charge in [0.15, 0.2) is 0 Å². The third kappa shape index (κ3) is 4.64. The van der Waals surface area contributed by atoms with Crippen molar-refractivity contribution >= 4 is 29.3 Å². The largest absolute Gasteiger partial charge is 0.395 e. The fraction of sp³-hybridized carbons (Fsp3) is 0.476. The zero-order valence-electron chi connectivity index (χ0n) is 17.7. The lowest BCUT2D eigenvalue weighted by Crippen LogP contribution is -2.56. The van der Waals surface area contributed by atoms with Gasteiger partial charge in [-0.25, -0.2) is 14.6 Å². The Morgan fingerprint density at radius 3 is 2.58 bits per heavy atom. The molecule has 1 spiro atoms. The van der Waals surface area contributed by atoms with Gasteiger partial charge in [0.2, 0.25) is 5.96 Å². The van der Waals surface area contributed by atoms with Gasteiger partial charge in [-0.1, -0.05) is 12.1 Å². The Hall–Kier alpha value is -3.11. The van der Waals surface area contributed by atoms with Crippen LogP contribution < -0.4 is 4.90 Å². The topological polar surface area (TPSA) is 93.1 Å². The van der Waals surface area contributed by atoms with Crippen molar-refractivity contribution in [3.05, 3.63) is 36.4 Å². The van der Waals surface area contributed by atoms with Crippen LogP contribution >= 0.6 is 0 Å². The number of para-hydroxylation sites is 2. The minimum atomic E-state index is -1.79. The average Bonchev–Trinajstić information content (AvgIpc) is 3.03. The van der Waals surface area contributed by atoms with Crippen LogP contribution in [0.15, 0.2) is 41.4 Å². The minimum Gasteiger partial charge on any atom is -0.393 e. The van der Waals surface area contributed by atoms with E-state index in [4.69, 9.17) is 23.9 Å². The third-order valence-corrected chi connectivity index (χ3v) is 5.27. The van der Waals surface area contributed by atoms with Gasteiger partial charge in [-0.2, -0.15) is 0 Å². The van der Waals surface area contributed by atoms with Crippen molar-refractivity contribution in [1.82, 2.24) is 9.80 Å². The van der Waals surface area contributed by atoms with Gasteiger partial charge in [-0.15, -0.1) is 0 Å². The molecule has 166 valence electrons. The molecule has 0 N–H and O–H groups in total. The summed E-state index contributed by atoms with van der Waals surface area (Å²) >= 11 is 0. The molecule has 0 aliphatic carbocycles. The van der Waals surface area contributed by atoms with Crippen LogP contribution in [0.2, 0.25) is 0 Å². The molecule has 3 heterocycles. The number of ether oxygens (including phenoxy) is 4. The molecule has 2 saturated heterocycles. The van der Waals surface area contributed by atoms with Crippen molar-refractivity contribution in [2.45, 2.75) is 5.97 Å². The maximum atomic E-state index is 11.9. The molecule has 0 radical (unpaired) electrons. The second-order valence-electron chi connectivity index (χ2n) is 7.43. The lowest BCUT2D eigenvalue weighted by molar-refractivity contribution is -0.341. The van der Waals surface area contributed by atoms with Gasteiger partial charge in [0.25, 0.3) is 0 Å². The number of benzene rings is 1. The van der Waals surface area contributed by atoms with Crippen LogP contribution in [0.25, 0.3) is 0 Å². The van der Waals surface area contributed by atoms with E-state index >= 15 is 0 Å². The van der Waals surface area contributed by atoms with Gasteiger partial charge in [-0.3, -0.25) is 0 Å². The monoisotopic (exact) mass is 430 g/mol. The van der Waals surface area contributed by atoms with Crippen molar-refractivity contribution in [2.24, 2.45) is 4.99 Å². The number of esters is 2. The quantitative estimate of drug-likeness (QED) is 0.626. The van der Waals surface area contributed by atoms with E-state index < -0.39 is 17.9 Å². The summed E-state index contributed by atoms with van der Waals surface area (Å²) in [5, 5.41) is 0. The number of guanidine groups is 1. The Labute approximate surface area is 180 Å². The number of likely N-dealkylation sites (N-methyl/N-ethyl adjacent to an activating group) is 1. The average molecular weight is 430 g/mol. The summed E-state index contributed by atoms with van der Waals surface area (Å²) in [6.07, 6.45) is 2.06. The molecule has 0 unspecified atom stereocenters. The van der Waals surface area contributed by atoms with Gasteiger partial charge in [0.1, 0.15) is 6.54 Å². The standard InChI is InChI=1S/C21H26N4O6/c1-23-9-10-24(11-13-28-2)20(23)22-16-5-3-4-6-17(16)25-12-14-29-21(15-25)30-18(26)7-8-19(27)31-21/h3-8H,9-15H2,1-2H3. The molecule has 31 heavy (non-hydrogen) atoms. The van der Waals surface area contributed by atoms with Crippen molar-refractivity contribution in [2.75, 3.05) is 65.0 Å². The molecule has 1 aromatic carbocycles. The smallest absolute Gasteiger partial charge is 0.393 e. The van der Waals surface area contributed by atoms with Gasteiger partial charge in [0.05, 0.1) is 24.6 Å². The van der Waals surface area contributed by atoms with Crippen molar-refractivity contribution in [3.63, 3.8) is 0 Å². The maximum absolute atomic E-state index is 11.9. The number of carbonyl (C=O) groups excluding carboxylic acids is 2. The molecule has 0 saturated carbocycles. The lowest BCUT2D eigenvalue weighted by atomic mass is 10.2. The molecule has 4 rings (SSSR count). The number of carbonyl (C=O) groups is 2. The second-order valence-corrected chi connectivity index (χ2v) is 7.43. The van der Waals surface area contributed by atoms with Gasteiger partial charge in [0, 0.05) is 52.5 Å².